The maximum Gasteiger partial charge on any atom is 0.123 e. The van der Waals surface area contributed by atoms with Gasteiger partial charge >= 0.3 is 0 Å². The Morgan fingerprint density at radius 3 is 2.79 bits per heavy atom. The van der Waals surface area contributed by atoms with E-state index in [1.807, 2.05) is 18.2 Å². The van der Waals surface area contributed by atoms with Crippen LogP contribution in [0.5, 0.6) is 5.75 Å². The van der Waals surface area contributed by atoms with Crippen LogP contribution in [0.25, 0.3) is 0 Å². The maximum atomic E-state index is 6.11. The predicted octanol–water partition coefficient (Wildman–Crippen LogP) is 4.49. The summed E-state index contributed by atoms with van der Waals surface area (Å²) in [6.07, 6.45) is 5.19. The third-order valence-electron chi connectivity index (χ3n) is 3.79. The molecule has 0 amide bonds. The number of halogens is 2. The highest BCUT2D eigenvalue weighted by molar-refractivity contribution is 9.09. The van der Waals surface area contributed by atoms with Gasteiger partial charge in [-0.05, 0) is 44.0 Å². The zero-order chi connectivity index (χ0) is 13.7. The fraction of sp³-hybridized carbons (Fsp3) is 0.600. The second-order valence-electron chi connectivity index (χ2n) is 5.05. The largest absolute Gasteiger partial charge is 0.496 e. The third kappa shape index (κ3) is 4.11. The van der Waals surface area contributed by atoms with Gasteiger partial charge in [-0.25, -0.2) is 0 Å². The van der Waals surface area contributed by atoms with Crippen LogP contribution in [0.2, 0.25) is 5.02 Å². The molecule has 1 aromatic rings. The van der Waals surface area contributed by atoms with Crippen LogP contribution in [0.15, 0.2) is 18.2 Å². The lowest BCUT2D eigenvalue weighted by Crippen LogP contribution is -2.40. The van der Waals surface area contributed by atoms with Gasteiger partial charge in [0.2, 0.25) is 0 Å². The van der Waals surface area contributed by atoms with Crippen molar-refractivity contribution >= 4 is 27.5 Å². The molecule has 0 saturated heterocycles. The smallest absolute Gasteiger partial charge is 0.123 e. The quantitative estimate of drug-likeness (QED) is 0.675. The van der Waals surface area contributed by atoms with Gasteiger partial charge in [-0.2, -0.15) is 0 Å². The van der Waals surface area contributed by atoms with Crippen molar-refractivity contribution in [2.24, 2.45) is 0 Å². The Balaban J connectivity index is 2.08. The minimum Gasteiger partial charge on any atom is -0.496 e. The molecule has 0 spiro atoms. The first-order valence-corrected chi connectivity index (χ1v) is 8.37. The molecule has 1 aliphatic rings. The highest BCUT2D eigenvalue weighted by Crippen LogP contribution is 2.30. The van der Waals surface area contributed by atoms with Crippen molar-refractivity contribution in [3.05, 3.63) is 28.8 Å². The molecule has 4 heteroatoms. The zero-order valence-electron chi connectivity index (χ0n) is 11.4. The summed E-state index contributed by atoms with van der Waals surface area (Å²) in [7, 11) is 1.72. The minimum atomic E-state index is 0.739. The van der Waals surface area contributed by atoms with Gasteiger partial charge in [0.1, 0.15) is 5.75 Å². The number of ether oxygens (including phenoxy) is 1. The summed E-state index contributed by atoms with van der Waals surface area (Å²) in [6, 6.07) is 6.61. The van der Waals surface area contributed by atoms with Crippen LogP contribution in [0.1, 0.15) is 31.2 Å². The van der Waals surface area contributed by atoms with Crippen LogP contribution >= 0.6 is 27.5 Å². The molecule has 0 bridgehead atoms. The number of methoxy groups -OCH3 is 1. The van der Waals surface area contributed by atoms with Crippen LogP contribution in [0.3, 0.4) is 0 Å². The summed E-state index contributed by atoms with van der Waals surface area (Å²) in [6.45, 7) is 2.06. The predicted molar refractivity (Wildman–Crippen MR) is 84.5 cm³/mol. The van der Waals surface area contributed by atoms with Gasteiger partial charge in [-0.15, -0.1) is 0 Å². The highest BCUT2D eigenvalue weighted by Gasteiger charge is 2.25. The Morgan fingerprint density at radius 1 is 1.42 bits per heavy atom. The Morgan fingerprint density at radius 2 is 2.21 bits per heavy atom. The molecule has 1 aromatic carbocycles. The standard InChI is InChI=1S/C15H21BrClNO/c1-19-15-7-6-13(17)10-12(15)11-18(9-3-8-16)14-4-2-5-14/h6-7,10,14H,2-5,8-9,11H2,1H3. The minimum absolute atomic E-state index is 0.739. The van der Waals surface area contributed by atoms with Crippen LogP contribution in [0, 0.1) is 0 Å². The van der Waals surface area contributed by atoms with E-state index in [0.29, 0.717) is 0 Å². The molecule has 106 valence electrons. The molecule has 1 aliphatic carbocycles. The Kier molecular flexibility index (Phi) is 5.99. The van der Waals surface area contributed by atoms with Crippen LogP contribution < -0.4 is 4.74 Å². The van der Waals surface area contributed by atoms with Gasteiger partial charge in [-0.3, -0.25) is 4.90 Å². The molecule has 2 rings (SSSR count). The number of nitrogens with zero attached hydrogens (tertiary/aromatic N) is 1. The molecule has 1 saturated carbocycles. The molecule has 0 aliphatic heterocycles. The van der Waals surface area contributed by atoms with Gasteiger partial charge in [0.15, 0.2) is 0 Å². The van der Waals surface area contributed by atoms with E-state index in [9.17, 15) is 0 Å². The van der Waals surface area contributed by atoms with Crippen molar-refractivity contribution < 1.29 is 4.74 Å². The average Bonchev–Trinajstić information content (AvgIpc) is 2.34. The van der Waals surface area contributed by atoms with E-state index < -0.39 is 0 Å². The molecule has 0 atom stereocenters. The van der Waals surface area contributed by atoms with E-state index >= 15 is 0 Å². The van der Waals surface area contributed by atoms with Crippen molar-refractivity contribution in [3.8, 4) is 5.75 Å². The molecule has 19 heavy (non-hydrogen) atoms. The molecule has 0 unspecified atom stereocenters. The normalized spacial score (nSPS) is 15.6. The summed E-state index contributed by atoms with van der Waals surface area (Å²) in [5, 5.41) is 1.84. The van der Waals surface area contributed by atoms with Gasteiger partial charge < -0.3 is 4.74 Å². The maximum absolute atomic E-state index is 6.11. The Hall–Kier alpha value is -0.250. The summed E-state index contributed by atoms with van der Waals surface area (Å²) in [5.41, 5.74) is 1.19. The van der Waals surface area contributed by atoms with E-state index in [4.69, 9.17) is 16.3 Å². The monoisotopic (exact) mass is 345 g/mol. The molecule has 0 radical (unpaired) electrons. The van der Waals surface area contributed by atoms with Crippen molar-refractivity contribution in [3.63, 3.8) is 0 Å². The molecule has 0 aromatic heterocycles. The molecular formula is C15H21BrClNO. The van der Waals surface area contributed by atoms with Gasteiger partial charge in [0.05, 0.1) is 7.11 Å². The number of hydrogen-bond donors (Lipinski definition) is 0. The fourth-order valence-corrected chi connectivity index (χ4v) is 2.94. The summed E-state index contributed by atoms with van der Waals surface area (Å²) < 4.78 is 5.44. The van der Waals surface area contributed by atoms with E-state index in [1.54, 1.807) is 7.11 Å². The second-order valence-corrected chi connectivity index (χ2v) is 6.28. The van der Waals surface area contributed by atoms with Crippen LogP contribution in [0.4, 0.5) is 0 Å². The lowest BCUT2D eigenvalue weighted by Gasteiger charge is -2.37. The van der Waals surface area contributed by atoms with Crippen molar-refractivity contribution in [2.75, 3.05) is 19.0 Å². The van der Waals surface area contributed by atoms with Crippen LogP contribution in [-0.2, 0) is 6.54 Å². The fourth-order valence-electron chi connectivity index (χ4n) is 2.49. The second kappa shape index (κ2) is 7.51. The number of alkyl halides is 1. The zero-order valence-corrected chi connectivity index (χ0v) is 13.7. The van der Waals surface area contributed by atoms with Crippen molar-refractivity contribution in [1.82, 2.24) is 4.90 Å². The Labute approximate surface area is 129 Å². The van der Waals surface area contributed by atoms with Gasteiger partial charge in [0, 0.05) is 28.5 Å². The summed E-state index contributed by atoms with van der Waals surface area (Å²) in [4.78, 5) is 2.57. The lowest BCUT2D eigenvalue weighted by atomic mass is 9.91. The molecular weight excluding hydrogens is 326 g/mol. The third-order valence-corrected chi connectivity index (χ3v) is 4.58. The van der Waals surface area contributed by atoms with E-state index in [1.165, 1.54) is 31.2 Å². The van der Waals surface area contributed by atoms with Crippen molar-refractivity contribution in [2.45, 2.75) is 38.3 Å². The van der Waals surface area contributed by atoms with Crippen molar-refractivity contribution in [1.29, 1.82) is 0 Å². The van der Waals surface area contributed by atoms with Gasteiger partial charge in [-0.1, -0.05) is 34.0 Å². The van der Waals surface area contributed by atoms with E-state index in [-0.39, 0.29) is 0 Å². The molecule has 1 fully saturated rings. The lowest BCUT2D eigenvalue weighted by molar-refractivity contribution is 0.119. The van der Waals surface area contributed by atoms with Crippen LogP contribution in [-0.4, -0.2) is 29.9 Å². The first-order chi connectivity index (χ1) is 9.24. The summed E-state index contributed by atoms with van der Waals surface area (Å²) >= 11 is 9.63. The molecule has 0 heterocycles. The Bertz CT molecular complexity index is 409. The first-order valence-electron chi connectivity index (χ1n) is 6.87. The van der Waals surface area contributed by atoms with E-state index in [2.05, 4.69) is 20.8 Å². The summed E-state index contributed by atoms with van der Waals surface area (Å²) in [5.74, 6) is 0.938. The number of rotatable bonds is 7. The number of hydrogen-bond acceptors (Lipinski definition) is 2. The average molecular weight is 347 g/mol. The van der Waals surface area contributed by atoms with Gasteiger partial charge in [0.25, 0.3) is 0 Å². The topological polar surface area (TPSA) is 12.5 Å². The first kappa shape index (κ1) is 15.1. The molecule has 2 nitrogen and oxygen atoms in total. The number of benzene rings is 1. The SMILES string of the molecule is COc1ccc(Cl)cc1CN(CCCBr)C1CCC1. The highest BCUT2D eigenvalue weighted by atomic mass is 79.9. The van der Waals surface area contributed by atoms with E-state index in [0.717, 1.165) is 35.2 Å². The molecule has 0 N–H and O–H groups in total.